The molecule has 0 aliphatic carbocycles. The summed E-state index contributed by atoms with van der Waals surface area (Å²) in [5.41, 5.74) is 6.53. The van der Waals surface area contributed by atoms with Crippen molar-refractivity contribution in [3.8, 4) is 0 Å². The molecule has 2 N–H and O–H groups in total. The van der Waals surface area contributed by atoms with Crippen LogP contribution in [-0.4, -0.2) is 14.9 Å². The molecule has 0 fully saturated rings. The van der Waals surface area contributed by atoms with Gasteiger partial charge in [-0.05, 0) is 68.9 Å². The van der Waals surface area contributed by atoms with Crippen molar-refractivity contribution in [3.63, 3.8) is 0 Å². The molecular formula is C20H22N4S. The van der Waals surface area contributed by atoms with E-state index in [-0.39, 0.29) is 0 Å². The quantitative estimate of drug-likeness (QED) is 0.671. The van der Waals surface area contributed by atoms with Crippen molar-refractivity contribution in [1.82, 2.24) is 9.78 Å². The van der Waals surface area contributed by atoms with Gasteiger partial charge < -0.3 is 10.6 Å². The average Bonchev–Trinajstić information content (AvgIpc) is 2.87. The number of nitrogens with zero attached hydrogens (tertiary/aromatic N) is 2. The molecule has 0 radical (unpaired) electrons. The summed E-state index contributed by atoms with van der Waals surface area (Å²) in [6, 6.07) is 18.5. The standard InChI is InChI=1S/C20H22N4S/c1-14-7-9-18(10-8-14)21-20(25)22-19-6-4-5-17(12-19)13-24-16(3)11-15(2)23-24/h4-12H,13H2,1-3H3,(H2,21,22,25). The average molecular weight is 350 g/mol. The van der Waals surface area contributed by atoms with Gasteiger partial charge in [0.15, 0.2) is 5.11 Å². The largest absolute Gasteiger partial charge is 0.332 e. The summed E-state index contributed by atoms with van der Waals surface area (Å²) in [6.07, 6.45) is 0. The Balaban J connectivity index is 1.65. The molecule has 128 valence electrons. The van der Waals surface area contributed by atoms with Crippen LogP contribution in [0.3, 0.4) is 0 Å². The van der Waals surface area contributed by atoms with Gasteiger partial charge in [0, 0.05) is 17.1 Å². The van der Waals surface area contributed by atoms with Crippen molar-refractivity contribution < 1.29 is 0 Å². The highest BCUT2D eigenvalue weighted by atomic mass is 32.1. The van der Waals surface area contributed by atoms with Crippen LogP contribution in [0.4, 0.5) is 11.4 Å². The maximum atomic E-state index is 5.41. The number of hydrogen-bond acceptors (Lipinski definition) is 2. The van der Waals surface area contributed by atoms with Crippen molar-refractivity contribution >= 4 is 28.7 Å². The zero-order valence-electron chi connectivity index (χ0n) is 14.7. The topological polar surface area (TPSA) is 41.9 Å². The second-order valence-electron chi connectivity index (χ2n) is 6.23. The Labute approximate surface area is 153 Å². The molecule has 0 unspecified atom stereocenters. The van der Waals surface area contributed by atoms with Gasteiger partial charge in [-0.25, -0.2) is 0 Å². The molecule has 0 spiro atoms. The molecule has 1 aromatic heterocycles. The molecular weight excluding hydrogens is 328 g/mol. The first-order valence-corrected chi connectivity index (χ1v) is 8.65. The Morgan fingerprint density at radius 3 is 2.36 bits per heavy atom. The van der Waals surface area contributed by atoms with Crippen molar-refractivity contribution in [1.29, 1.82) is 0 Å². The molecule has 1 heterocycles. The molecule has 3 rings (SSSR count). The first-order chi connectivity index (χ1) is 12.0. The van der Waals surface area contributed by atoms with Crippen molar-refractivity contribution in [2.24, 2.45) is 0 Å². The highest BCUT2D eigenvalue weighted by Gasteiger charge is 2.04. The first kappa shape index (κ1) is 17.2. The lowest BCUT2D eigenvalue weighted by atomic mass is 10.2. The van der Waals surface area contributed by atoms with E-state index in [1.54, 1.807) is 0 Å². The molecule has 0 bridgehead atoms. The first-order valence-electron chi connectivity index (χ1n) is 8.24. The Hall–Kier alpha value is -2.66. The third kappa shape index (κ3) is 4.67. The SMILES string of the molecule is Cc1ccc(NC(=S)Nc2cccc(Cn3nc(C)cc3C)c2)cc1. The zero-order chi connectivity index (χ0) is 17.8. The second-order valence-corrected chi connectivity index (χ2v) is 6.64. The van der Waals surface area contributed by atoms with E-state index in [4.69, 9.17) is 12.2 Å². The lowest BCUT2D eigenvalue weighted by Crippen LogP contribution is -2.19. The summed E-state index contributed by atoms with van der Waals surface area (Å²) in [4.78, 5) is 0. The fourth-order valence-electron chi connectivity index (χ4n) is 2.69. The van der Waals surface area contributed by atoms with E-state index in [1.807, 2.05) is 35.9 Å². The van der Waals surface area contributed by atoms with E-state index in [0.29, 0.717) is 5.11 Å². The van der Waals surface area contributed by atoms with Gasteiger partial charge in [-0.3, -0.25) is 4.68 Å². The van der Waals surface area contributed by atoms with Crippen LogP contribution < -0.4 is 10.6 Å². The molecule has 0 atom stereocenters. The summed E-state index contributed by atoms with van der Waals surface area (Å²) in [5.74, 6) is 0. The van der Waals surface area contributed by atoms with Crippen LogP contribution in [0.1, 0.15) is 22.5 Å². The zero-order valence-corrected chi connectivity index (χ0v) is 15.5. The lowest BCUT2D eigenvalue weighted by Gasteiger charge is -2.12. The number of aryl methyl sites for hydroxylation is 3. The molecule has 4 nitrogen and oxygen atoms in total. The number of aromatic nitrogens is 2. The summed E-state index contributed by atoms with van der Waals surface area (Å²) >= 11 is 5.41. The van der Waals surface area contributed by atoms with Gasteiger partial charge in [0.25, 0.3) is 0 Å². The molecule has 25 heavy (non-hydrogen) atoms. The third-order valence-electron chi connectivity index (χ3n) is 3.93. The summed E-state index contributed by atoms with van der Waals surface area (Å²) in [5, 5.41) is 11.5. The summed E-state index contributed by atoms with van der Waals surface area (Å²) in [6.45, 7) is 6.89. The van der Waals surface area contributed by atoms with Crippen LogP contribution in [0, 0.1) is 20.8 Å². The summed E-state index contributed by atoms with van der Waals surface area (Å²) in [7, 11) is 0. The van der Waals surface area contributed by atoms with Crippen LogP contribution in [0.2, 0.25) is 0 Å². The van der Waals surface area contributed by atoms with E-state index >= 15 is 0 Å². The van der Waals surface area contributed by atoms with Gasteiger partial charge in [0.1, 0.15) is 0 Å². The highest BCUT2D eigenvalue weighted by molar-refractivity contribution is 7.80. The normalized spacial score (nSPS) is 10.5. The van der Waals surface area contributed by atoms with Crippen LogP contribution in [0.25, 0.3) is 0 Å². The third-order valence-corrected chi connectivity index (χ3v) is 4.13. The number of benzene rings is 2. The number of hydrogen-bond donors (Lipinski definition) is 2. The number of nitrogens with one attached hydrogen (secondary N) is 2. The van der Waals surface area contributed by atoms with Crippen LogP contribution in [0.15, 0.2) is 54.6 Å². The number of thiocarbonyl (C=S) groups is 1. The number of rotatable bonds is 4. The fourth-order valence-corrected chi connectivity index (χ4v) is 2.92. The van der Waals surface area contributed by atoms with E-state index < -0.39 is 0 Å². The van der Waals surface area contributed by atoms with Gasteiger partial charge in [0.2, 0.25) is 0 Å². The Morgan fingerprint density at radius 1 is 0.960 bits per heavy atom. The minimum absolute atomic E-state index is 0.576. The predicted octanol–water partition coefficient (Wildman–Crippen LogP) is 4.67. The van der Waals surface area contributed by atoms with Crippen molar-refractivity contribution in [2.75, 3.05) is 10.6 Å². The lowest BCUT2D eigenvalue weighted by molar-refractivity contribution is 0.659. The highest BCUT2D eigenvalue weighted by Crippen LogP contribution is 2.15. The molecule has 0 aliphatic rings. The molecule has 0 saturated carbocycles. The smallest absolute Gasteiger partial charge is 0.175 e. The number of anilines is 2. The van der Waals surface area contributed by atoms with E-state index in [0.717, 1.165) is 29.3 Å². The maximum Gasteiger partial charge on any atom is 0.175 e. The van der Waals surface area contributed by atoms with Gasteiger partial charge in [-0.1, -0.05) is 29.8 Å². The van der Waals surface area contributed by atoms with Gasteiger partial charge in [-0.15, -0.1) is 0 Å². The van der Waals surface area contributed by atoms with Crippen molar-refractivity contribution in [3.05, 3.63) is 77.1 Å². The molecule has 5 heteroatoms. The Morgan fingerprint density at radius 2 is 1.68 bits per heavy atom. The summed E-state index contributed by atoms with van der Waals surface area (Å²) < 4.78 is 2.01. The van der Waals surface area contributed by atoms with Gasteiger partial charge in [-0.2, -0.15) is 5.10 Å². The molecule has 0 aliphatic heterocycles. The maximum absolute atomic E-state index is 5.41. The molecule has 0 saturated heterocycles. The van der Waals surface area contributed by atoms with Crippen molar-refractivity contribution in [2.45, 2.75) is 27.3 Å². The fraction of sp³-hybridized carbons (Fsp3) is 0.200. The Kier molecular flexibility index (Phi) is 5.14. The van der Waals surface area contributed by atoms with E-state index in [1.165, 1.54) is 11.1 Å². The molecule has 2 aromatic carbocycles. The minimum Gasteiger partial charge on any atom is -0.332 e. The second kappa shape index (κ2) is 7.49. The van der Waals surface area contributed by atoms with Crippen LogP contribution in [-0.2, 0) is 6.54 Å². The molecule has 0 amide bonds. The predicted molar refractivity (Wildman–Crippen MR) is 108 cm³/mol. The van der Waals surface area contributed by atoms with Crippen LogP contribution in [0.5, 0.6) is 0 Å². The van der Waals surface area contributed by atoms with Gasteiger partial charge in [0.05, 0.1) is 12.2 Å². The van der Waals surface area contributed by atoms with Gasteiger partial charge >= 0.3 is 0 Å². The van der Waals surface area contributed by atoms with Crippen LogP contribution >= 0.6 is 12.2 Å². The Bertz CT molecular complexity index is 881. The molecule has 3 aromatic rings. The van der Waals surface area contributed by atoms with E-state index in [9.17, 15) is 0 Å². The van der Waals surface area contributed by atoms with E-state index in [2.05, 4.69) is 59.9 Å². The monoisotopic (exact) mass is 350 g/mol. The minimum atomic E-state index is 0.576.